The Bertz CT molecular complexity index is 650. The minimum Gasteiger partial charge on any atom is -0.334 e. The van der Waals surface area contributed by atoms with Crippen LogP contribution in [-0.2, 0) is 19.4 Å². The van der Waals surface area contributed by atoms with Crippen molar-refractivity contribution in [2.45, 2.75) is 28.2 Å². The largest absolute Gasteiger partial charge is 0.334 e. The predicted molar refractivity (Wildman–Crippen MR) is 87.7 cm³/mol. The molecular weight excluding hydrogens is 387 g/mol. The summed E-state index contributed by atoms with van der Waals surface area (Å²) in [5.74, 6) is -1.28. The van der Waals surface area contributed by atoms with Gasteiger partial charge in [-0.15, -0.1) is 0 Å². The molecule has 2 unspecified atom stereocenters. The van der Waals surface area contributed by atoms with Crippen LogP contribution in [0.1, 0.15) is 12.8 Å². The average Bonchev–Trinajstić information content (AvgIpc) is 2.55. The third kappa shape index (κ3) is 3.92. The van der Waals surface area contributed by atoms with E-state index in [1.54, 1.807) is 6.07 Å². The van der Waals surface area contributed by atoms with Crippen LogP contribution < -0.4 is 5.32 Å². The summed E-state index contributed by atoms with van der Waals surface area (Å²) in [6.07, 6.45) is 0.767. The van der Waals surface area contributed by atoms with E-state index in [9.17, 15) is 13.2 Å². The molecule has 0 aliphatic carbocycles. The lowest BCUT2D eigenvalue weighted by atomic mass is 10.1. The second-order valence-corrected chi connectivity index (χ2v) is 8.64. The van der Waals surface area contributed by atoms with Crippen molar-refractivity contribution in [1.82, 2.24) is 9.25 Å². The van der Waals surface area contributed by atoms with E-state index >= 15 is 0 Å². The fourth-order valence-electron chi connectivity index (χ4n) is 2.22. The van der Waals surface area contributed by atoms with E-state index in [4.69, 9.17) is 39.9 Å². The van der Waals surface area contributed by atoms with Gasteiger partial charge in [0.15, 0.2) is 0 Å². The van der Waals surface area contributed by atoms with Crippen LogP contribution in [0.15, 0.2) is 35.2 Å². The maximum Gasteiger partial charge on any atom is 0.331 e. The van der Waals surface area contributed by atoms with Gasteiger partial charge >= 0.3 is 10.3 Å². The number of nitrogens with zero attached hydrogens (tertiary/aromatic N) is 1. The van der Waals surface area contributed by atoms with Gasteiger partial charge < -0.3 is 10.1 Å². The number of ether oxygens (including phenoxy) is 1. The third-order valence-electron chi connectivity index (χ3n) is 3.38. The van der Waals surface area contributed by atoms with Crippen LogP contribution in [0.25, 0.3) is 0 Å². The van der Waals surface area contributed by atoms with Crippen molar-refractivity contribution < 1.29 is 17.9 Å². The number of piperidine rings is 1. The number of amides is 1. The summed E-state index contributed by atoms with van der Waals surface area (Å²) in [6, 6.07) is 7.29. The molecule has 10 heteroatoms. The summed E-state index contributed by atoms with van der Waals surface area (Å²) in [6.45, 7) is 1.16. The third-order valence-corrected chi connectivity index (χ3v) is 6.40. The Morgan fingerprint density at radius 1 is 1.30 bits per heavy atom. The smallest absolute Gasteiger partial charge is 0.331 e. The standard InChI is InChI=1S/C13H15Cl3N2O4S/c14-13(12(19)18(15)16,22-10-5-4-8-17-9-10)23(20,21)11-6-2-1-3-7-11/h1-3,6-7,10,17H,4-5,8-9H2. The highest BCUT2D eigenvalue weighted by Gasteiger charge is 2.55. The summed E-state index contributed by atoms with van der Waals surface area (Å²) < 4.78 is 28.5. The Morgan fingerprint density at radius 2 is 1.96 bits per heavy atom. The number of rotatable bonds is 5. The zero-order valence-corrected chi connectivity index (χ0v) is 15.0. The first-order valence-electron chi connectivity index (χ1n) is 6.82. The Labute approximate surface area is 149 Å². The minimum atomic E-state index is -4.39. The predicted octanol–water partition coefficient (Wildman–Crippen LogP) is 2.26. The molecule has 2 atom stereocenters. The Morgan fingerprint density at radius 3 is 2.48 bits per heavy atom. The number of sulfone groups is 1. The van der Waals surface area contributed by atoms with Crippen molar-refractivity contribution >= 4 is 50.9 Å². The van der Waals surface area contributed by atoms with Crippen LogP contribution in [-0.4, -0.2) is 41.8 Å². The number of alkyl halides is 1. The number of carbonyl (C=O) groups excluding carboxylic acids is 1. The van der Waals surface area contributed by atoms with Crippen molar-refractivity contribution in [3.05, 3.63) is 30.3 Å². The summed E-state index contributed by atoms with van der Waals surface area (Å²) in [5.41, 5.74) is 0. The van der Waals surface area contributed by atoms with Gasteiger partial charge in [-0.25, -0.2) is 8.42 Å². The van der Waals surface area contributed by atoms with Crippen LogP contribution in [0.4, 0.5) is 0 Å². The van der Waals surface area contributed by atoms with Crippen molar-refractivity contribution in [2.24, 2.45) is 0 Å². The maximum atomic E-state index is 12.8. The highest BCUT2D eigenvalue weighted by atomic mass is 35.5. The molecule has 1 aromatic rings. The molecule has 2 rings (SSSR count). The number of nitrogens with one attached hydrogen (secondary N) is 1. The lowest BCUT2D eigenvalue weighted by molar-refractivity contribution is -0.137. The van der Waals surface area contributed by atoms with Gasteiger partial charge in [0, 0.05) is 30.1 Å². The second kappa shape index (κ2) is 7.55. The van der Waals surface area contributed by atoms with E-state index in [0.717, 1.165) is 13.0 Å². The zero-order valence-electron chi connectivity index (χ0n) is 11.9. The maximum absolute atomic E-state index is 12.8. The SMILES string of the molecule is O=C(N(Cl)Cl)C(Cl)(OC1CCCNC1)S(=O)(=O)c1ccccc1. The number of benzene rings is 1. The van der Waals surface area contributed by atoms with E-state index < -0.39 is 26.2 Å². The van der Waals surface area contributed by atoms with Gasteiger partial charge in [0.25, 0.3) is 0 Å². The first-order valence-corrected chi connectivity index (χ1v) is 9.36. The highest BCUT2D eigenvalue weighted by Crippen LogP contribution is 2.36. The van der Waals surface area contributed by atoms with Crippen molar-refractivity contribution in [3.63, 3.8) is 0 Å². The monoisotopic (exact) mass is 400 g/mol. The Kier molecular flexibility index (Phi) is 6.16. The molecule has 128 valence electrons. The van der Waals surface area contributed by atoms with E-state index in [1.165, 1.54) is 24.3 Å². The number of halogens is 3. The molecule has 0 aromatic heterocycles. The van der Waals surface area contributed by atoms with E-state index in [0.29, 0.717) is 13.0 Å². The minimum absolute atomic E-state index is 0.0732. The lowest BCUT2D eigenvalue weighted by Crippen LogP contribution is -2.51. The van der Waals surface area contributed by atoms with E-state index in [-0.39, 0.29) is 8.83 Å². The van der Waals surface area contributed by atoms with Crippen molar-refractivity contribution in [3.8, 4) is 0 Å². The molecule has 6 nitrogen and oxygen atoms in total. The van der Waals surface area contributed by atoms with Crippen molar-refractivity contribution in [2.75, 3.05) is 13.1 Å². The molecule has 23 heavy (non-hydrogen) atoms. The van der Waals surface area contributed by atoms with Gasteiger partial charge in [0.05, 0.1) is 11.0 Å². The summed E-state index contributed by atoms with van der Waals surface area (Å²) >= 11 is 17.0. The topological polar surface area (TPSA) is 75.7 Å². The molecule has 0 saturated carbocycles. The second-order valence-electron chi connectivity index (χ2n) is 4.98. The molecular formula is C13H15Cl3N2O4S. The fraction of sp³-hybridized carbons (Fsp3) is 0.462. The van der Waals surface area contributed by atoms with Crippen molar-refractivity contribution in [1.29, 1.82) is 0 Å². The van der Waals surface area contributed by atoms with Crippen LogP contribution >= 0.6 is 35.2 Å². The number of hydrogen-bond acceptors (Lipinski definition) is 5. The summed E-state index contributed by atoms with van der Waals surface area (Å²) in [4.78, 5) is 12.1. The molecule has 1 aliphatic rings. The van der Waals surface area contributed by atoms with Gasteiger partial charge in [0.1, 0.15) is 0 Å². The summed E-state index contributed by atoms with van der Waals surface area (Å²) in [7, 11) is -4.39. The zero-order chi connectivity index (χ0) is 17.1. The van der Waals surface area contributed by atoms with Gasteiger partial charge in [-0.1, -0.05) is 29.8 Å². The molecule has 0 radical (unpaired) electrons. The normalized spacial score (nSPS) is 21.4. The molecule has 0 bridgehead atoms. The summed E-state index contributed by atoms with van der Waals surface area (Å²) in [5, 5.41) is 3.05. The molecule has 1 heterocycles. The van der Waals surface area contributed by atoms with Gasteiger partial charge in [0.2, 0.25) is 9.84 Å². The van der Waals surface area contributed by atoms with E-state index in [1.807, 2.05) is 0 Å². The van der Waals surface area contributed by atoms with Crippen LogP contribution in [0.5, 0.6) is 0 Å². The Hall–Kier alpha value is -0.570. The molecule has 0 spiro atoms. The molecule has 1 saturated heterocycles. The van der Waals surface area contributed by atoms with Crippen LogP contribution in [0.3, 0.4) is 0 Å². The molecule has 1 amide bonds. The number of hydrogen-bond donors (Lipinski definition) is 1. The highest BCUT2D eigenvalue weighted by molar-refractivity contribution is 7.94. The van der Waals surface area contributed by atoms with Crippen LogP contribution in [0, 0.1) is 0 Å². The fourth-order valence-corrected chi connectivity index (χ4v) is 4.52. The lowest BCUT2D eigenvalue weighted by Gasteiger charge is -2.32. The first-order chi connectivity index (χ1) is 10.8. The Balaban J connectivity index is 2.42. The van der Waals surface area contributed by atoms with Gasteiger partial charge in [-0.3, -0.25) is 4.79 Å². The molecule has 1 aliphatic heterocycles. The van der Waals surface area contributed by atoms with Crippen LogP contribution in [0.2, 0.25) is 0 Å². The quantitative estimate of drug-likeness (QED) is 0.605. The molecule has 1 fully saturated rings. The van der Waals surface area contributed by atoms with Gasteiger partial charge in [-0.2, -0.15) is 3.94 Å². The van der Waals surface area contributed by atoms with E-state index in [2.05, 4.69) is 5.32 Å². The first kappa shape index (κ1) is 18.8. The average molecular weight is 402 g/mol. The molecule has 1 aromatic carbocycles. The number of carbonyl (C=O) groups is 1. The van der Waals surface area contributed by atoms with Gasteiger partial charge in [-0.05, 0) is 31.5 Å². The molecule has 1 N–H and O–H groups in total.